The van der Waals surface area contributed by atoms with Crippen LogP contribution < -0.4 is 10.1 Å². The summed E-state index contributed by atoms with van der Waals surface area (Å²) in [6, 6.07) is 10.9. The highest BCUT2D eigenvalue weighted by molar-refractivity contribution is 6.32. The normalized spacial score (nSPS) is 16.6. The predicted molar refractivity (Wildman–Crippen MR) is 98.8 cm³/mol. The van der Waals surface area contributed by atoms with Crippen LogP contribution in [0.2, 0.25) is 5.02 Å². The molecule has 0 spiro atoms. The average Bonchev–Trinajstić information content (AvgIpc) is 3.16. The molecule has 0 bridgehead atoms. The first-order chi connectivity index (χ1) is 12.7. The Morgan fingerprint density at radius 3 is 3.00 bits per heavy atom. The van der Waals surface area contributed by atoms with E-state index in [4.69, 9.17) is 21.1 Å². The molecule has 2 aromatic heterocycles. The van der Waals surface area contributed by atoms with Crippen LogP contribution in [0.3, 0.4) is 0 Å². The number of halogens is 1. The second-order valence-electron chi connectivity index (χ2n) is 5.98. The maximum absolute atomic E-state index is 12.5. The van der Waals surface area contributed by atoms with Crippen molar-refractivity contribution in [1.82, 2.24) is 9.97 Å². The summed E-state index contributed by atoms with van der Waals surface area (Å²) in [6.45, 7) is 1.20. The van der Waals surface area contributed by atoms with Crippen LogP contribution in [0.5, 0.6) is 5.88 Å². The van der Waals surface area contributed by atoms with Crippen molar-refractivity contribution in [3.63, 3.8) is 0 Å². The summed E-state index contributed by atoms with van der Waals surface area (Å²) in [4.78, 5) is 20.9. The topological polar surface area (TPSA) is 73.3 Å². The van der Waals surface area contributed by atoms with Crippen molar-refractivity contribution in [2.75, 3.05) is 18.5 Å². The van der Waals surface area contributed by atoms with E-state index in [1.54, 1.807) is 18.3 Å². The second kappa shape index (κ2) is 7.27. The SMILES string of the molecule is O=C(Nc1ccc2ncccc2c1)c1cnc(OC2CCOC2)c(Cl)c1. The molecule has 0 aliphatic carbocycles. The van der Waals surface area contributed by atoms with Crippen LogP contribution in [0.1, 0.15) is 16.8 Å². The third-order valence-corrected chi connectivity index (χ3v) is 4.37. The third-order valence-electron chi connectivity index (χ3n) is 4.10. The maximum Gasteiger partial charge on any atom is 0.257 e. The van der Waals surface area contributed by atoms with E-state index in [0.29, 0.717) is 35.4 Å². The maximum atomic E-state index is 12.5. The fraction of sp³-hybridized carbons (Fsp3) is 0.211. The van der Waals surface area contributed by atoms with E-state index in [-0.39, 0.29) is 12.0 Å². The van der Waals surface area contributed by atoms with Crippen molar-refractivity contribution in [3.8, 4) is 5.88 Å². The van der Waals surface area contributed by atoms with E-state index in [2.05, 4.69) is 15.3 Å². The number of anilines is 1. The van der Waals surface area contributed by atoms with Gasteiger partial charge in [-0.25, -0.2) is 4.98 Å². The highest BCUT2D eigenvalue weighted by Crippen LogP contribution is 2.26. The van der Waals surface area contributed by atoms with Gasteiger partial charge in [-0.2, -0.15) is 0 Å². The number of carbonyl (C=O) groups excluding carboxylic acids is 1. The minimum absolute atomic E-state index is 0.0501. The van der Waals surface area contributed by atoms with Crippen LogP contribution in [-0.4, -0.2) is 35.2 Å². The van der Waals surface area contributed by atoms with E-state index < -0.39 is 0 Å². The average molecular weight is 370 g/mol. The van der Waals surface area contributed by atoms with Gasteiger partial charge in [0.15, 0.2) is 0 Å². The van der Waals surface area contributed by atoms with Crippen LogP contribution in [-0.2, 0) is 4.74 Å². The minimum Gasteiger partial charge on any atom is -0.471 e. The molecule has 1 atom stereocenters. The van der Waals surface area contributed by atoms with E-state index in [9.17, 15) is 4.79 Å². The van der Waals surface area contributed by atoms with Crippen LogP contribution in [0.25, 0.3) is 10.9 Å². The summed E-state index contributed by atoms with van der Waals surface area (Å²) in [5, 5.41) is 4.09. The van der Waals surface area contributed by atoms with Crippen LogP contribution >= 0.6 is 11.6 Å². The van der Waals surface area contributed by atoms with Crippen molar-refractivity contribution >= 4 is 34.1 Å². The van der Waals surface area contributed by atoms with Crippen LogP contribution in [0, 0.1) is 0 Å². The van der Waals surface area contributed by atoms with E-state index in [1.165, 1.54) is 6.20 Å². The van der Waals surface area contributed by atoms with Crippen LogP contribution in [0.4, 0.5) is 5.69 Å². The molecule has 132 valence electrons. The molecule has 3 aromatic rings. The van der Waals surface area contributed by atoms with E-state index in [1.807, 2.05) is 24.3 Å². The molecule has 0 radical (unpaired) electrons. The summed E-state index contributed by atoms with van der Waals surface area (Å²) in [5.41, 5.74) is 1.90. The molecule has 26 heavy (non-hydrogen) atoms. The van der Waals surface area contributed by atoms with Crippen molar-refractivity contribution in [1.29, 1.82) is 0 Å². The lowest BCUT2D eigenvalue weighted by atomic mass is 10.2. The zero-order valence-electron chi connectivity index (χ0n) is 13.8. The molecule has 1 N–H and O–H groups in total. The Kier molecular flexibility index (Phi) is 4.69. The second-order valence-corrected chi connectivity index (χ2v) is 6.39. The van der Waals surface area contributed by atoms with Crippen molar-refractivity contribution < 1.29 is 14.3 Å². The van der Waals surface area contributed by atoms with Crippen molar-refractivity contribution in [3.05, 3.63) is 59.4 Å². The molecule has 3 heterocycles. The van der Waals surface area contributed by atoms with Gasteiger partial charge in [-0.05, 0) is 30.3 Å². The molecule has 6 nitrogen and oxygen atoms in total. The largest absolute Gasteiger partial charge is 0.471 e. The fourth-order valence-electron chi connectivity index (χ4n) is 2.76. The number of amides is 1. The predicted octanol–water partition coefficient (Wildman–Crippen LogP) is 3.70. The summed E-state index contributed by atoms with van der Waals surface area (Å²) in [6.07, 6.45) is 3.94. The zero-order valence-corrected chi connectivity index (χ0v) is 14.6. The Labute approximate surface area is 155 Å². The smallest absolute Gasteiger partial charge is 0.257 e. The first kappa shape index (κ1) is 16.8. The summed E-state index contributed by atoms with van der Waals surface area (Å²) in [5.74, 6) is 0.0221. The molecule has 1 saturated heterocycles. The van der Waals surface area contributed by atoms with E-state index in [0.717, 1.165) is 17.3 Å². The quantitative estimate of drug-likeness (QED) is 0.759. The number of nitrogens with one attached hydrogen (secondary N) is 1. The highest BCUT2D eigenvalue weighted by Gasteiger charge is 2.20. The molecule has 1 unspecified atom stereocenters. The van der Waals surface area contributed by atoms with Gasteiger partial charge in [0, 0.05) is 29.9 Å². The minimum atomic E-state index is -0.293. The number of pyridine rings is 2. The lowest BCUT2D eigenvalue weighted by Crippen LogP contribution is -2.17. The van der Waals surface area contributed by atoms with Gasteiger partial charge in [-0.15, -0.1) is 0 Å². The zero-order chi connectivity index (χ0) is 17.9. The molecule has 0 saturated carbocycles. The highest BCUT2D eigenvalue weighted by atomic mass is 35.5. The molecular weight excluding hydrogens is 354 g/mol. The molecular formula is C19H16ClN3O3. The lowest BCUT2D eigenvalue weighted by Gasteiger charge is -2.12. The van der Waals surface area contributed by atoms with Gasteiger partial charge in [0.2, 0.25) is 5.88 Å². The Morgan fingerprint density at radius 2 is 2.19 bits per heavy atom. The lowest BCUT2D eigenvalue weighted by molar-refractivity contribution is 0.102. The number of fused-ring (bicyclic) bond motifs is 1. The Bertz CT molecular complexity index is 958. The number of aromatic nitrogens is 2. The summed E-state index contributed by atoms with van der Waals surface area (Å²) in [7, 11) is 0. The van der Waals surface area contributed by atoms with Gasteiger partial charge in [-0.3, -0.25) is 9.78 Å². The molecule has 1 amide bonds. The Hall–Kier alpha value is -2.70. The fourth-order valence-corrected chi connectivity index (χ4v) is 2.97. The number of rotatable bonds is 4. The number of benzene rings is 1. The first-order valence-corrected chi connectivity index (χ1v) is 8.63. The van der Waals surface area contributed by atoms with Gasteiger partial charge in [0.25, 0.3) is 5.91 Å². The van der Waals surface area contributed by atoms with Crippen molar-refractivity contribution in [2.45, 2.75) is 12.5 Å². The standard InChI is InChI=1S/C19H16ClN3O3/c20-16-9-13(10-22-19(16)26-15-5-7-25-11-15)18(24)23-14-3-4-17-12(8-14)2-1-6-21-17/h1-4,6,8-10,15H,5,7,11H2,(H,23,24). The summed E-state index contributed by atoms with van der Waals surface area (Å²) >= 11 is 6.22. The van der Waals surface area contributed by atoms with Gasteiger partial charge in [-0.1, -0.05) is 17.7 Å². The van der Waals surface area contributed by atoms with Crippen molar-refractivity contribution in [2.24, 2.45) is 0 Å². The molecule has 4 rings (SSSR count). The number of hydrogen-bond donors (Lipinski definition) is 1. The molecule has 1 aromatic carbocycles. The first-order valence-electron chi connectivity index (χ1n) is 8.25. The molecule has 7 heteroatoms. The Balaban J connectivity index is 1.49. The number of nitrogens with zero attached hydrogens (tertiary/aromatic N) is 2. The molecule has 1 aliphatic heterocycles. The van der Waals surface area contributed by atoms with Gasteiger partial charge in [0.05, 0.1) is 24.3 Å². The number of carbonyl (C=O) groups is 1. The van der Waals surface area contributed by atoms with Gasteiger partial charge >= 0.3 is 0 Å². The van der Waals surface area contributed by atoms with Crippen LogP contribution in [0.15, 0.2) is 48.8 Å². The Morgan fingerprint density at radius 1 is 1.27 bits per heavy atom. The number of hydrogen-bond acceptors (Lipinski definition) is 5. The van der Waals surface area contributed by atoms with Gasteiger partial charge < -0.3 is 14.8 Å². The molecule has 1 aliphatic rings. The number of ether oxygens (including phenoxy) is 2. The summed E-state index contributed by atoms with van der Waals surface area (Å²) < 4.78 is 11.0. The monoisotopic (exact) mass is 369 g/mol. The van der Waals surface area contributed by atoms with Gasteiger partial charge in [0.1, 0.15) is 11.1 Å². The molecule has 1 fully saturated rings. The van der Waals surface area contributed by atoms with E-state index >= 15 is 0 Å². The third kappa shape index (κ3) is 3.61.